The minimum absolute atomic E-state index is 0.0496. The summed E-state index contributed by atoms with van der Waals surface area (Å²) in [5, 5.41) is 9.05. The molecule has 0 aliphatic carbocycles. The van der Waals surface area contributed by atoms with Crippen molar-refractivity contribution in [1.82, 2.24) is 25.4 Å². The van der Waals surface area contributed by atoms with Crippen molar-refractivity contribution in [3.63, 3.8) is 0 Å². The van der Waals surface area contributed by atoms with Gasteiger partial charge in [0.25, 0.3) is 5.91 Å². The molecular formula is C25H21F4N5O4. The van der Waals surface area contributed by atoms with Crippen molar-refractivity contribution >= 4 is 22.8 Å². The van der Waals surface area contributed by atoms with Gasteiger partial charge in [-0.2, -0.15) is 9.78 Å². The minimum atomic E-state index is -4.91. The number of nitrogens with zero attached hydrogens (tertiary/aromatic N) is 3. The zero-order valence-electron chi connectivity index (χ0n) is 20.3. The number of halogens is 4. The van der Waals surface area contributed by atoms with Crippen LogP contribution in [0, 0.1) is 5.82 Å². The van der Waals surface area contributed by atoms with E-state index in [1.165, 1.54) is 69.9 Å². The van der Waals surface area contributed by atoms with Gasteiger partial charge in [0.15, 0.2) is 0 Å². The Hall–Kier alpha value is -4.68. The molecule has 0 saturated carbocycles. The molecule has 2 N–H and O–H groups in total. The van der Waals surface area contributed by atoms with Gasteiger partial charge in [-0.25, -0.2) is 14.2 Å². The average Bonchev–Trinajstić information content (AvgIpc) is 3.31. The molecule has 0 aliphatic heterocycles. The number of aromatic nitrogens is 3. The molecular weight excluding hydrogens is 510 g/mol. The van der Waals surface area contributed by atoms with E-state index in [4.69, 9.17) is 4.74 Å². The number of hydrogen-bond acceptors (Lipinski definition) is 6. The highest BCUT2D eigenvalue weighted by Gasteiger charge is 2.33. The van der Waals surface area contributed by atoms with Gasteiger partial charge in [-0.1, -0.05) is 18.2 Å². The van der Waals surface area contributed by atoms with Gasteiger partial charge in [-0.3, -0.25) is 4.79 Å². The van der Waals surface area contributed by atoms with Gasteiger partial charge in [-0.15, -0.1) is 13.2 Å². The van der Waals surface area contributed by atoms with E-state index in [0.717, 1.165) is 10.7 Å². The Kier molecular flexibility index (Phi) is 7.19. The van der Waals surface area contributed by atoms with Crippen LogP contribution in [0.4, 0.5) is 22.4 Å². The smallest absolute Gasteiger partial charge is 0.480 e. The number of carbonyl (C=O) groups is 2. The molecule has 4 rings (SSSR count). The van der Waals surface area contributed by atoms with Gasteiger partial charge in [0, 0.05) is 24.4 Å². The molecule has 4 aromatic rings. The molecule has 13 heteroatoms. The quantitative estimate of drug-likeness (QED) is 0.346. The number of hydrogen-bond donors (Lipinski definition) is 2. The van der Waals surface area contributed by atoms with Crippen LogP contribution in [0.25, 0.3) is 22.0 Å². The lowest BCUT2D eigenvalue weighted by Crippen LogP contribution is -2.28. The zero-order valence-corrected chi connectivity index (χ0v) is 20.3. The predicted molar refractivity (Wildman–Crippen MR) is 128 cm³/mol. The van der Waals surface area contributed by atoms with E-state index in [1.807, 2.05) is 0 Å². The molecule has 0 bridgehead atoms. The lowest BCUT2D eigenvalue weighted by atomic mass is 10.0. The maximum Gasteiger partial charge on any atom is 0.573 e. The van der Waals surface area contributed by atoms with Gasteiger partial charge in [0.05, 0.1) is 30.3 Å². The normalized spacial score (nSPS) is 12.2. The number of methoxy groups -OCH3 is 1. The number of pyridine rings is 1. The standard InChI is InChI=1S/C25H21F4N5O4/c1-13(16-6-4-5-7-21(16)38-25(27,28)29)33-22(35)17-8-15(11-31-23(17)37-3)14-9-19(26)18-12-32-34(20(18)10-14)24(36)30-2/h4-13H,1-3H3,(H,30,36)(H,33,35). The molecule has 2 heterocycles. The number of para-hydroxylation sites is 1. The van der Waals surface area contributed by atoms with Crippen LogP contribution in [0.5, 0.6) is 11.6 Å². The van der Waals surface area contributed by atoms with Crippen LogP contribution in [-0.2, 0) is 0 Å². The number of rotatable bonds is 6. The summed E-state index contributed by atoms with van der Waals surface area (Å²) >= 11 is 0. The van der Waals surface area contributed by atoms with E-state index in [0.29, 0.717) is 11.1 Å². The molecule has 0 radical (unpaired) electrons. The van der Waals surface area contributed by atoms with E-state index in [1.54, 1.807) is 0 Å². The monoisotopic (exact) mass is 531 g/mol. The summed E-state index contributed by atoms with van der Waals surface area (Å²) < 4.78 is 63.6. The van der Waals surface area contributed by atoms with Crippen LogP contribution < -0.4 is 20.1 Å². The first-order chi connectivity index (χ1) is 18.0. The highest BCUT2D eigenvalue weighted by atomic mass is 19.4. The summed E-state index contributed by atoms with van der Waals surface area (Å²) in [5.74, 6) is -1.87. The summed E-state index contributed by atoms with van der Waals surface area (Å²) in [7, 11) is 2.70. The summed E-state index contributed by atoms with van der Waals surface area (Å²) in [5.41, 5.74) is 0.843. The maximum absolute atomic E-state index is 14.8. The average molecular weight is 531 g/mol. The number of ether oxygens (including phenoxy) is 2. The van der Waals surface area contributed by atoms with Gasteiger partial charge >= 0.3 is 12.4 Å². The van der Waals surface area contributed by atoms with Crippen LogP contribution in [0.2, 0.25) is 0 Å². The Morgan fingerprint density at radius 2 is 1.82 bits per heavy atom. The molecule has 38 heavy (non-hydrogen) atoms. The third kappa shape index (κ3) is 5.36. The topological polar surface area (TPSA) is 107 Å². The molecule has 2 amide bonds. The second-order valence-electron chi connectivity index (χ2n) is 8.06. The van der Waals surface area contributed by atoms with Crippen LogP contribution in [-0.4, -0.2) is 47.2 Å². The summed E-state index contributed by atoms with van der Waals surface area (Å²) in [6.07, 6.45) is -2.34. The lowest BCUT2D eigenvalue weighted by molar-refractivity contribution is -0.275. The first-order valence-corrected chi connectivity index (χ1v) is 11.1. The molecule has 9 nitrogen and oxygen atoms in total. The summed E-state index contributed by atoms with van der Waals surface area (Å²) in [4.78, 5) is 29.4. The highest BCUT2D eigenvalue weighted by Crippen LogP contribution is 2.32. The fourth-order valence-electron chi connectivity index (χ4n) is 3.86. The largest absolute Gasteiger partial charge is 0.573 e. The SMILES string of the molecule is CNC(=O)n1ncc2c(F)cc(-c3cnc(OC)c(C(=O)NC(C)c4ccccc4OC(F)(F)F)c3)cc21. The van der Waals surface area contributed by atoms with Gasteiger partial charge < -0.3 is 20.1 Å². The third-order valence-corrected chi connectivity index (χ3v) is 5.63. The van der Waals surface area contributed by atoms with Crippen molar-refractivity contribution in [3.8, 4) is 22.8 Å². The predicted octanol–water partition coefficient (Wildman–Crippen LogP) is 4.82. The lowest BCUT2D eigenvalue weighted by Gasteiger charge is -2.19. The van der Waals surface area contributed by atoms with Crippen LogP contribution in [0.15, 0.2) is 54.9 Å². The van der Waals surface area contributed by atoms with E-state index in [-0.39, 0.29) is 27.9 Å². The number of alkyl halides is 3. The van der Waals surface area contributed by atoms with Crippen molar-refractivity contribution in [2.45, 2.75) is 19.3 Å². The molecule has 2 aromatic heterocycles. The van der Waals surface area contributed by atoms with Gasteiger partial charge in [0.1, 0.15) is 17.1 Å². The Morgan fingerprint density at radius 3 is 2.50 bits per heavy atom. The molecule has 0 saturated heterocycles. The molecule has 1 unspecified atom stereocenters. The first-order valence-electron chi connectivity index (χ1n) is 11.1. The minimum Gasteiger partial charge on any atom is -0.480 e. The Balaban J connectivity index is 1.69. The molecule has 0 fully saturated rings. The van der Waals surface area contributed by atoms with E-state index in [9.17, 15) is 27.2 Å². The number of amides is 2. The van der Waals surface area contributed by atoms with Crippen molar-refractivity contribution in [3.05, 3.63) is 71.8 Å². The van der Waals surface area contributed by atoms with Crippen LogP contribution in [0.3, 0.4) is 0 Å². The second-order valence-corrected chi connectivity index (χ2v) is 8.06. The van der Waals surface area contributed by atoms with Crippen molar-refractivity contribution < 1.29 is 36.6 Å². The maximum atomic E-state index is 14.8. The van der Waals surface area contributed by atoms with E-state index >= 15 is 0 Å². The first kappa shape index (κ1) is 26.4. The van der Waals surface area contributed by atoms with Crippen molar-refractivity contribution in [1.29, 1.82) is 0 Å². The van der Waals surface area contributed by atoms with Crippen LogP contribution in [0.1, 0.15) is 28.9 Å². The van der Waals surface area contributed by atoms with Crippen molar-refractivity contribution in [2.75, 3.05) is 14.2 Å². The van der Waals surface area contributed by atoms with Crippen molar-refractivity contribution in [2.24, 2.45) is 0 Å². The fourth-order valence-corrected chi connectivity index (χ4v) is 3.86. The van der Waals surface area contributed by atoms with Crippen LogP contribution >= 0.6 is 0 Å². The Labute approximate surface area is 213 Å². The zero-order chi connectivity index (χ0) is 27.6. The Morgan fingerprint density at radius 1 is 1.08 bits per heavy atom. The third-order valence-electron chi connectivity index (χ3n) is 5.63. The number of nitrogens with one attached hydrogen (secondary N) is 2. The molecule has 198 valence electrons. The highest BCUT2D eigenvalue weighted by molar-refractivity contribution is 5.98. The second kappa shape index (κ2) is 10.4. The Bertz CT molecular complexity index is 1520. The van der Waals surface area contributed by atoms with Gasteiger partial charge in [-0.05, 0) is 36.8 Å². The fraction of sp³-hybridized carbons (Fsp3) is 0.200. The molecule has 0 aliphatic rings. The van der Waals surface area contributed by atoms with E-state index < -0.39 is 35.9 Å². The van der Waals surface area contributed by atoms with E-state index in [2.05, 4.69) is 25.5 Å². The number of benzene rings is 2. The molecule has 1 atom stereocenters. The number of fused-ring (bicyclic) bond motifs is 1. The molecule has 2 aromatic carbocycles. The summed E-state index contributed by atoms with van der Waals surface area (Å²) in [6.45, 7) is 1.49. The number of carbonyl (C=O) groups excluding carboxylic acids is 2. The van der Waals surface area contributed by atoms with Gasteiger partial charge in [0.2, 0.25) is 5.88 Å². The summed E-state index contributed by atoms with van der Waals surface area (Å²) in [6, 6.07) is 8.06. The molecule has 0 spiro atoms.